The van der Waals surface area contributed by atoms with Crippen molar-refractivity contribution in [2.75, 3.05) is 26.7 Å². The van der Waals surface area contributed by atoms with E-state index >= 15 is 0 Å². The van der Waals surface area contributed by atoms with Crippen molar-refractivity contribution in [3.63, 3.8) is 0 Å². The van der Waals surface area contributed by atoms with E-state index in [0.717, 1.165) is 6.42 Å². The molecule has 2 heterocycles. The van der Waals surface area contributed by atoms with Crippen molar-refractivity contribution in [1.29, 1.82) is 0 Å². The summed E-state index contributed by atoms with van der Waals surface area (Å²) in [5.74, 6) is 0.00645. The number of amides is 2. The van der Waals surface area contributed by atoms with Crippen LogP contribution in [0.5, 0.6) is 0 Å². The highest BCUT2D eigenvalue weighted by molar-refractivity contribution is 5.78. The minimum Gasteiger partial charge on any atom is -0.444 e. The van der Waals surface area contributed by atoms with Crippen molar-refractivity contribution >= 4 is 12.0 Å². The number of piperidine rings is 1. The molecule has 0 radical (unpaired) electrons. The minimum absolute atomic E-state index is 0.00645. The third-order valence-corrected chi connectivity index (χ3v) is 3.49. The monoisotopic (exact) mass is 270 g/mol. The normalized spacial score (nSPS) is 28.1. The van der Waals surface area contributed by atoms with Crippen LogP contribution >= 0.6 is 0 Å². The van der Waals surface area contributed by atoms with Gasteiger partial charge in [-0.2, -0.15) is 0 Å². The van der Waals surface area contributed by atoms with E-state index < -0.39 is 5.60 Å². The largest absolute Gasteiger partial charge is 0.444 e. The smallest absolute Gasteiger partial charge is 0.410 e. The maximum atomic E-state index is 12.0. The first-order valence-electron chi connectivity index (χ1n) is 6.63. The highest BCUT2D eigenvalue weighted by Crippen LogP contribution is 2.23. The molecule has 0 aromatic heterocycles. The molecule has 108 valence electrons. The lowest BCUT2D eigenvalue weighted by molar-refractivity contribution is -0.159. The second-order valence-corrected chi connectivity index (χ2v) is 6.14. The Kier molecular flexibility index (Phi) is 3.71. The molecule has 0 aromatic carbocycles. The summed E-state index contributed by atoms with van der Waals surface area (Å²) in [7, 11) is 1.80. The number of morpholine rings is 1. The Balaban J connectivity index is 1.96. The van der Waals surface area contributed by atoms with Gasteiger partial charge in [-0.3, -0.25) is 4.79 Å². The quantitative estimate of drug-likeness (QED) is 0.655. The van der Waals surface area contributed by atoms with Gasteiger partial charge in [-0.05, 0) is 27.2 Å². The third-order valence-electron chi connectivity index (χ3n) is 3.49. The predicted octanol–water partition coefficient (Wildman–Crippen LogP) is 0.853. The van der Waals surface area contributed by atoms with Crippen LogP contribution < -0.4 is 0 Å². The van der Waals surface area contributed by atoms with E-state index in [4.69, 9.17) is 9.47 Å². The molecule has 2 amide bonds. The highest BCUT2D eigenvalue weighted by atomic mass is 16.6. The summed E-state index contributed by atoms with van der Waals surface area (Å²) in [4.78, 5) is 26.9. The van der Waals surface area contributed by atoms with E-state index in [1.54, 1.807) is 16.8 Å². The number of carbonyl (C=O) groups excluding carboxylic acids is 2. The van der Waals surface area contributed by atoms with Crippen molar-refractivity contribution in [3.8, 4) is 0 Å². The molecule has 19 heavy (non-hydrogen) atoms. The molecule has 2 rings (SSSR count). The molecule has 2 aliphatic heterocycles. The van der Waals surface area contributed by atoms with Crippen LogP contribution in [-0.2, 0) is 14.3 Å². The summed E-state index contributed by atoms with van der Waals surface area (Å²) >= 11 is 0. The van der Waals surface area contributed by atoms with Crippen LogP contribution in [0.25, 0.3) is 0 Å². The number of carbonyl (C=O) groups is 2. The van der Waals surface area contributed by atoms with Crippen molar-refractivity contribution in [2.24, 2.45) is 0 Å². The molecule has 0 saturated carbocycles. The van der Waals surface area contributed by atoms with Gasteiger partial charge in [0.15, 0.2) is 0 Å². The fourth-order valence-electron chi connectivity index (χ4n) is 2.47. The molecule has 0 aliphatic carbocycles. The number of ether oxygens (including phenoxy) is 2. The van der Waals surface area contributed by atoms with Crippen LogP contribution in [0.3, 0.4) is 0 Å². The molecule has 0 bridgehead atoms. The number of hydrogen-bond acceptors (Lipinski definition) is 4. The Labute approximate surface area is 113 Å². The number of likely N-dealkylation sites (tertiary alicyclic amines) is 1. The first-order chi connectivity index (χ1) is 8.78. The molecule has 6 heteroatoms. The SMILES string of the molecule is CN1C(=O)COC2CN(C(=O)OC(C)(C)C)CCC21. The zero-order chi connectivity index (χ0) is 14.2. The van der Waals surface area contributed by atoms with Gasteiger partial charge >= 0.3 is 6.09 Å². The van der Waals surface area contributed by atoms with Crippen molar-refractivity contribution in [2.45, 2.75) is 44.9 Å². The van der Waals surface area contributed by atoms with E-state index in [1.807, 2.05) is 20.8 Å². The standard InChI is InChI=1S/C13H22N2O4/c1-13(2,3)19-12(17)15-6-5-9-10(7-15)18-8-11(16)14(9)4/h9-10H,5-8H2,1-4H3. The summed E-state index contributed by atoms with van der Waals surface area (Å²) < 4.78 is 10.9. The van der Waals surface area contributed by atoms with Gasteiger partial charge in [0.1, 0.15) is 12.2 Å². The topological polar surface area (TPSA) is 59.1 Å². The van der Waals surface area contributed by atoms with E-state index in [1.165, 1.54) is 0 Å². The average Bonchev–Trinajstić information content (AvgIpc) is 2.31. The molecular weight excluding hydrogens is 248 g/mol. The molecule has 2 aliphatic rings. The second kappa shape index (κ2) is 5.00. The van der Waals surface area contributed by atoms with Gasteiger partial charge in [-0.1, -0.05) is 0 Å². The van der Waals surface area contributed by atoms with E-state index in [0.29, 0.717) is 13.1 Å². The van der Waals surface area contributed by atoms with Crippen LogP contribution in [0.15, 0.2) is 0 Å². The molecule has 6 nitrogen and oxygen atoms in total. The predicted molar refractivity (Wildman–Crippen MR) is 68.7 cm³/mol. The van der Waals surface area contributed by atoms with Gasteiger partial charge in [-0.15, -0.1) is 0 Å². The van der Waals surface area contributed by atoms with E-state index in [9.17, 15) is 9.59 Å². The summed E-state index contributed by atoms with van der Waals surface area (Å²) in [6, 6.07) is 0.0694. The molecule has 2 fully saturated rings. The van der Waals surface area contributed by atoms with Gasteiger partial charge < -0.3 is 19.3 Å². The Morgan fingerprint density at radius 3 is 2.74 bits per heavy atom. The van der Waals surface area contributed by atoms with Gasteiger partial charge in [0.25, 0.3) is 0 Å². The van der Waals surface area contributed by atoms with E-state index in [-0.39, 0.29) is 30.8 Å². The average molecular weight is 270 g/mol. The van der Waals surface area contributed by atoms with Crippen molar-refractivity contribution in [1.82, 2.24) is 9.80 Å². The number of fused-ring (bicyclic) bond motifs is 1. The van der Waals surface area contributed by atoms with Crippen LogP contribution in [0.4, 0.5) is 4.79 Å². The van der Waals surface area contributed by atoms with E-state index in [2.05, 4.69) is 0 Å². The summed E-state index contributed by atoms with van der Waals surface area (Å²) in [6.45, 7) is 6.72. The van der Waals surface area contributed by atoms with Gasteiger partial charge in [0.05, 0.1) is 18.7 Å². The van der Waals surface area contributed by atoms with Crippen molar-refractivity contribution in [3.05, 3.63) is 0 Å². The zero-order valence-electron chi connectivity index (χ0n) is 12.0. The Hall–Kier alpha value is -1.30. The highest BCUT2D eigenvalue weighted by Gasteiger charge is 2.40. The fourth-order valence-corrected chi connectivity index (χ4v) is 2.47. The number of likely N-dealkylation sites (N-methyl/N-ethyl adjacent to an activating group) is 1. The molecule has 2 atom stereocenters. The summed E-state index contributed by atoms with van der Waals surface area (Å²) in [6.07, 6.45) is 0.310. The Bertz CT molecular complexity index is 377. The first kappa shape index (κ1) is 14.1. The second-order valence-electron chi connectivity index (χ2n) is 6.14. The molecule has 2 saturated heterocycles. The lowest BCUT2D eigenvalue weighted by atomic mass is 9.99. The molecule has 0 N–H and O–H groups in total. The van der Waals surface area contributed by atoms with Crippen LogP contribution in [-0.4, -0.2) is 66.3 Å². The molecule has 0 spiro atoms. The minimum atomic E-state index is -0.492. The lowest BCUT2D eigenvalue weighted by Gasteiger charge is -2.45. The fraction of sp³-hybridized carbons (Fsp3) is 0.846. The first-order valence-corrected chi connectivity index (χ1v) is 6.63. The lowest BCUT2D eigenvalue weighted by Crippen LogP contribution is -2.61. The Morgan fingerprint density at radius 1 is 1.42 bits per heavy atom. The van der Waals surface area contributed by atoms with Crippen LogP contribution in [0, 0.1) is 0 Å². The van der Waals surface area contributed by atoms with Gasteiger partial charge in [0, 0.05) is 13.6 Å². The van der Waals surface area contributed by atoms with Crippen LogP contribution in [0.1, 0.15) is 27.2 Å². The molecule has 0 aromatic rings. The van der Waals surface area contributed by atoms with Crippen molar-refractivity contribution < 1.29 is 19.1 Å². The number of rotatable bonds is 0. The zero-order valence-corrected chi connectivity index (χ0v) is 12.0. The van der Waals surface area contributed by atoms with Gasteiger partial charge in [-0.25, -0.2) is 4.79 Å². The van der Waals surface area contributed by atoms with Crippen LogP contribution in [0.2, 0.25) is 0 Å². The third kappa shape index (κ3) is 3.18. The number of hydrogen-bond donors (Lipinski definition) is 0. The maximum Gasteiger partial charge on any atom is 0.410 e. The summed E-state index contributed by atoms with van der Waals surface area (Å²) in [5.41, 5.74) is -0.492. The molecular formula is C13H22N2O4. The Morgan fingerprint density at radius 2 is 2.11 bits per heavy atom. The molecule has 2 unspecified atom stereocenters. The summed E-state index contributed by atoms with van der Waals surface area (Å²) in [5, 5.41) is 0. The number of nitrogens with zero attached hydrogens (tertiary/aromatic N) is 2. The maximum absolute atomic E-state index is 12.0. The van der Waals surface area contributed by atoms with Gasteiger partial charge in [0.2, 0.25) is 5.91 Å².